The number of likely N-dealkylation sites (tertiary alicyclic amines) is 1. The summed E-state index contributed by atoms with van der Waals surface area (Å²) in [4.78, 5) is 71.7. The lowest BCUT2D eigenvalue weighted by atomic mass is 10.0. The van der Waals surface area contributed by atoms with Gasteiger partial charge in [-0.2, -0.15) is 0 Å². The molecule has 14 heteroatoms. The number of methoxy groups -OCH3 is 2. The van der Waals surface area contributed by atoms with E-state index in [4.69, 9.17) is 14.5 Å². The van der Waals surface area contributed by atoms with E-state index in [0.29, 0.717) is 18.8 Å². The van der Waals surface area contributed by atoms with Gasteiger partial charge >= 0.3 is 12.2 Å². The zero-order chi connectivity index (χ0) is 41.1. The maximum atomic E-state index is 14.1. The average molecular weight is 787 g/mol. The highest BCUT2D eigenvalue weighted by Crippen LogP contribution is 2.41. The van der Waals surface area contributed by atoms with Crippen LogP contribution in [0.15, 0.2) is 85.2 Å². The van der Waals surface area contributed by atoms with Crippen molar-refractivity contribution in [3.05, 3.63) is 102 Å². The van der Waals surface area contributed by atoms with E-state index in [1.807, 2.05) is 76.2 Å². The normalized spacial score (nSPS) is 17.2. The minimum absolute atomic E-state index is 0.110. The number of imidazole rings is 2. The first-order valence-corrected chi connectivity index (χ1v) is 19.7. The molecule has 5 aromatic rings. The van der Waals surface area contributed by atoms with E-state index in [1.165, 1.54) is 14.2 Å². The lowest BCUT2D eigenvalue weighted by Crippen LogP contribution is -2.51. The second-order valence-corrected chi connectivity index (χ2v) is 15.5. The van der Waals surface area contributed by atoms with Crippen molar-refractivity contribution in [1.82, 2.24) is 35.5 Å². The van der Waals surface area contributed by atoms with Gasteiger partial charge in [-0.25, -0.2) is 19.6 Å². The minimum atomic E-state index is -0.781. The van der Waals surface area contributed by atoms with Crippen LogP contribution in [0.5, 0.6) is 0 Å². The third-order valence-corrected chi connectivity index (χ3v) is 11.1. The fraction of sp³-hybridized carbons (Fsp3) is 0.364. The Morgan fingerprint density at radius 1 is 0.672 bits per heavy atom. The number of ether oxygens (including phenoxy) is 2. The molecule has 3 aromatic carbocycles. The highest BCUT2D eigenvalue weighted by atomic mass is 16.5. The first-order chi connectivity index (χ1) is 28.0. The number of nitrogens with zero attached hydrogens (tertiary/aromatic N) is 4. The van der Waals surface area contributed by atoms with Gasteiger partial charge in [-0.1, -0.05) is 94.4 Å². The summed E-state index contributed by atoms with van der Waals surface area (Å²) in [6, 6.07) is 22.2. The summed E-state index contributed by atoms with van der Waals surface area (Å²) in [5.74, 6) is 0.722. The number of carbonyl (C=O) groups is 4. The van der Waals surface area contributed by atoms with Crippen LogP contribution in [0.4, 0.5) is 15.3 Å². The second kappa shape index (κ2) is 17.0. The second-order valence-electron chi connectivity index (χ2n) is 15.5. The Labute approximate surface area is 337 Å². The lowest BCUT2D eigenvalue weighted by molar-refractivity contribution is -0.135. The molecule has 1 fully saturated rings. The van der Waals surface area contributed by atoms with E-state index in [-0.39, 0.29) is 35.7 Å². The lowest BCUT2D eigenvalue weighted by Gasteiger charge is -2.30. The number of hydrogen-bond donors (Lipinski definition) is 4. The van der Waals surface area contributed by atoms with Crippen molar-refractivity contribution in [2.75, 3.05) is 25.7 Å². The van der Waals surface area contributed by atoms with Gasteiger partial charge in [-0.15, -0.1) is 0 Å². The minimum Gasteiger partial charge on any atom is -0.453 e. The topological polar surface area (TPSA) is 175 Å². The Balaban J connectivity index is 1.04. The Hall–Kier alpha value is -6.44. The van der Waals surface area contributed by atoms with Crippen molar-refractivity contribution >= 4 is 29.7 Å². The van der Waals surface area contributed by atoms with E-state index < -0.39 is 24.3 Å². The number of alkyl carbamates (subject to hydrolysis) is 2. The van der Waals surface area contributed by atoms with Crippen LogP contribution in [0.2, 0.25) is 0 Å². The third kappa shape index (κ3) is 8.04. The zero-order valence-corrected chi connectivity index (χ0v) is 33.6. The largest absolute Gasteiger partial charge is 0.453 e. The van der Waals surface area contributed by atoms with Crippen LogP contribution in [0, 0.1) is 11.8 Å². The number of aromatic nitrogens is 4. The maximum absolute atomic E-state index is 14.1. The molecule has 1 saturated heterocycles. The number of hydrogen-bond acceptors (Lipinski definition) is 8. The molecule has 0 bridgehead atoms. The number of amides is 4. The molecule has 2 aliphatic rings. The molecule has 4 heterocycles. The Morgan fingerprint density at radius 2 is 1.16 bits per heavy atom. The molecule has 7 rings (SSSR count). The SMILES string of the molecule is COC(=O)N[C@H](C(=O)N1CCC[C@H]1c1ncc(-c2ccc(-c3ccc(-c4cnc([C@@H]5Cc6ccccc6N5C(=O)[C@@H](NC(=O)OC)C(C)C)[nH]4)cc3)cc2)[nH]1)C(C)C. The fourth-order valence-corrected chi connectivity index (χ4v) is 7.91. The van der Waals surface area contributed by atoms with Crippen LogP contribution < -0.4 is 15.5 Å². The average Bonchev–Trinajstić information content (AvgIpc) is 4.07. The van der Waals surface area contributed by atoms with E-state index in [1.54, 1.807) is 22.2 Å². The smallest absolute Gasteiger partial charge is 0.407 e. The predicted octanol–water partition coefficient (Wildman–Crippen LogP) is 7.19. The van der Waals surface area contributed by atoms with Crippen LogP contribution >= 0.6 is 0 Å². The summed E-state index contributed by atoms with van der Waals surface area (Å²) in [5, 5.41) is 5.42. The Bertz CT molecular complexity index is 2260. The van der Waals surface area contributed by atoms with Gasteiger partial charge in [0.25, 0.3) is 5.91 Å². The molecule has 14 nitrogen and oxygen atoms in total. The molecule has 2 aliphatic heterocycles. The number of H-pyrrole nitrogens is 2. The van der Waals surface area contributed by atoms with E-state index in [0.717, 1.165) is 63.6 Å². The molecule has 58 heavy (non-hydrogen) atoms. The number of aromatic amines is 2. The predicted molar refractivity (Wildman–Crippen MR) is 219 cm³/mol. The maximum Gasteiger partial charge on any atom is 0.407 e. The molecule has 2 aromatic heterocycles. The summed E-state index contributed by atoms with van der Waals surface area (Å²) in [6.07, 6.45) is 4.51. The van der Waals surface area contributed by atoms with Gasteiger partial charge in [0.15, 0.2) is 0 Å². The first kappa shape index (κ1) is 39.8. The fourth-order valence-electron chi connectivity index (χ4n) is 7.91. The van der Waals surface area contributed by atoms with Crippen molar-refractivity contribution in [3.63, 3.8) is 0 Å². The molecular formula is C44H50N8O6. The molecule has 4 amide bonds. The number of nitrogens with one attached hydrogen (secondary N) is 4. The number of benzene rings is 3. The Kier molecular flexibility index (Phi) is 11.6. The summed E-state index contributed by atoms with van der Waals surface area (Å²) in [7, 11) is 2.57. The quantitative estimate of drug-likeness (QED) is 0.109. The molecule has 0 saturated carbocycles. The summed E-state index contributed by atoms with van der Waals surface area (Å²) >= 11 is 0. The first-order valence-electron chi connectivity index (χ1n) is 19.7. The summed E-state index contributed by atoms with van der Waals surface area (Å²) < 4.78 is 9.58. The monoisotopic (exact) mass is 786 g/mol. The summed E-state index contributed by atoms with van der Waals surface area (Å²) in [5.41, 5.74) is 7.51. The molecule has 0 aliphatic carbocycles. The third-order valence-electron chi connectivity index (χ3n) is 11.1. The molecule has 302 valence electrons. The molecule has 0 spiro atoms. The highest BCUT2D eigenvalue weighted by molar-refractivity contribution is 6.01. The zero-order valence-electron chi connectivity index (χ0n) is 33.6. The van der Waals surface area contributed by atoms with Crippen LogP contribution in [0.3, 0.4) is 0 Å². The van der Waals surface area contributed by atoms with Crippen molar-refractivity contribution in [1.29, 1.82) is 0 Å². The molecule has 4 atom stereocenters. The highest BCUT2D eigenvalue weighted by Gasteiger charge is 2.41. The summed E-state index contributed by atoms with van der Waals surface area (Å²) in [6.45, 7) is 8.17. The number of fused-ring (bicyclic) bond motifs is 1. The standard InChI is InChI=1S/C44H50N8O6/c1-25(2)37(49-43(55)57-5)41(53)51-21-9-12-35(51)39-45-23-32(47-39)29-17-13-27(14-18-29)28-15-19-30(20-16-28)33-24-46-40(48-33)36-22-31-10-7-8-11-34(31)52(36)42(54)38(26(3)4)50-44(56)58-6/h7-8,10-11,13-20,23-26,35-38H,9,12,21-22H2,1-6H3,(H,45,47)(H,46,48)(H,49,55)(H,50,56)/t35-,36-,37-,38-/m0/s1. The van der Waals surface area contributed by atoms with Gasteiger partial charge in [-0.05, 0) is 58.6 Å². The number of para-hydroxylation sites is 1. The number of rotatable bonds is 11. The Morgan fingerprint density at radius 3 is 1.67 bits per heavy atom. The molecular weight excluding hydrogens is 737 g/mol. The van der Waals surface area contributed by atoms with Crippen molar-refractivity contribution < 1.29 is 28.7 Å². The van der Waals surface area contributed by atoms with Crippen LogP contribution in [-0.2, 0) is 25.5 Å². The van der Waals surface area contributed by atoms with Gasteiger partial charge in [0.2, 0.25) is 5.91 Å². The molecule has 0 radical (unpaired) electrons. The number of anilines is 1. The molecule has 4 N–H and O–H groups in total. The van der Waals surface area contributed by atoms with E-state index >= 15 is 0 Å². The van der Waals surface area contributed by atoms with Gasteiger partial charge in [0, 0.05) is 18.7 Å². The molecule has 0 unspecified atom stereocenters. The number of carbonyl (C=O) groups excluding carboxylic acids is 4. The van der Waals surface area contributed by atoms with Crippen molar-refractivity contribution in [3.8, 4) is 33.6 Å². The van der Waals surface area contributed by atoms with E-state index in [2.05, 4.69) is 49.9 Å². The van der Waals surface area contributed by atoms with Gasteiger partial charge in [0.05, 0.1) is 50.1 Å². The van der Waals surface area contributed by atoms with Gasteiger partial charge in [0.1, 0.15) is 23.7 Å². The van der Waals surface area contributed by atoms with Crippen molar-refractivity contribution in [2.24, 2.45) is 11.8 Å². The van der Waals surface area contributed by atoms with Crippen molar-refractivity contribution in [2.45, 2.75) is 71.1 Å². The van der Waals surface area contributed by atoms with Crippen LogP contribution in [0.1, 0.15) is 69.8 Å². The van der Waals surface area contributed by atoms with Gasteiger partial charge in [-0.3, -0.25) is 14.5 Å². The van der Waals surface area contributed by atoms with E-state index in [9.17, 15) is 19.2 Å². The van der Waals surface area contributed by atoms with Crippen LogP contribution in [0.25, 0.3) is 33.6 Å². The van der Waals surface area contributed by atoms with Gasteiger partial charge < -0.3 is 35.0 Å². The van der Waals surface area contributed by atoms with Crippen LogP contribution in [-0.4, -0.2) is 81.7 Å².